The van der Waals surface area contributed by atoms with Gasteiger partial charge in [0, 0.05) is 40.5 Å². The highest BCUT2D eigenvalue weighted by Gasteiger charge is 2.18. The molecule has 4 heteroatoms. The van der Waals surface area contributed by atoms with Gasteiger partial charge in [0.25, 0.3) is 0 Å². The number of nitrogens with one attached hydrogen (secondary N) is 1. The van der Waals surface area contributed by atoms with Crippen molar-refractivity contribution in [2.24, 2.45) is 0 Å². The topological polar surface area (TPSA) is 15.3 Å². The largest absolute Gasteiger partial charge is 0.368 e. The summed E-state index contributed by atoms with van der Waals surface area (Å²) < 4.78 is 0. The molecule has 3 rings (SSSR count). The molecule has 2 aromatic rings. The lowest BCUT2D eigenvalue weighted by Crippen LogP contribution is -2.49. The molecule has 21 heavy (non-hydrogen) atoms. The highest BCUT2D eigenvalue weighted by Crippen LogP contribution is 2.36. The van der Waals surface area contributed by atoms with Gasteiger partial charge in [0.05, 0.1) is 5.69 Å². The van der Waals surface area contributed by atoms with Gasteiger partial charge in [-0.1, -0.05) is 35.5 Å². The van der Waals surface area contributed by atoms with E-state index in [1.807, 2.05) is 12.1 Å². The SMILES string of the molecule is C[C@H]1CN(c2ccccc2Sc2ccc(Cl)cc2)CCN1. The maximum absolute atomic E-state index is 5.96. The number of nitrogens with zero attached hydrogens (tertiary/aromatic N) is 1. The third kappa shape index (κ3) is 3.73. The summed E-state index contributed by atoms with van der Waals surface area (Å²) in [5.74, 6) is 0. The van der Waals surface area contributed by atoms with E-state index in [2.05, 4.69) is 53.5 Å². The van der Waals surface area contributed by atoms with Crippen LogP contribution in [0.3, 0.4) is 0 Å². The van der Waals surface area contributed by atoms with E-state index in [1.165, 1.54) is 15.5 Å². The number of benzene rings is 2. The predicted octanol–water partition coefficient (Wildman–Crippen LogP) is 4.29. The van der Waals surface area contributed by atoms with Crippen molar-refractivity contribution < 1.29 is 0 Å². The minimum Gasteiger partial charge on any atom is -0.368 e. The molecule has 1 aliphatic heterocycles. The maximum atomic E-state index is 5.96. The van der Waals surface area contributed by atoms with Gasteiger partial charge in [-0.15, -0.1) is 0 Å². The fourth-order valence-electron chi connectivity index (χ4n) is 2.59. The van der Waals surface area contributed by atoms with Crippen LogP contribution < -0.4 is 10.2 Å². The Kier molecular flexibility index (Phi) is 4.73. The van der Waals surface area contributed by atoms with E-state index < -0.39 is 0 Å². The van der Waals surface area contributed by atoms with Crippen molar-refractivity contribution in [2.45, 2.75) is 22.8 Å². The van der Waals surface area contributed by atoms with Crippen molar-refractivity contribution in [2.75, 3.05) is 24.5 Å². The number of anilines is 1. The Morgan fingerprint density at radius 3 is 2.67 bits per heavy atom. The first-order valence-corrected chi connectivity index (χ1v) is 8.42. The van der Waals surface area contributed by atoms with Crippen LogP contribution in [0, 0.1) is 0 Å². The average molecular weight is 319 g/mol. The second-order valence-corrected chi connectivity index (χ2v) is 6.88. The molecule has 1 atom stereocenters. The quantitative estimate of drug-likeness (QED) is 0.909. The van der Waals surface area contributed by atoms with E-state index in [4.69, 9.17) is 11.6 Å². The van der Waals surface area contributed by atoms with Crippen LogP contribution in [0.5, 0.6) is 0 Å². The van der Waals surface area contributed by atoms with Gasteiger partial charge in [-0.2, -0.15) is 0 Å². The molecule has 1 heterocycles. The zero-order chi connectivity index (χ0) is 14.7. The van der Waals surface area contributed by atoms with Gasteiger partial charge in [-0.3, -0.25) is 0 Å². The molecule has 0 radical (unpaired) electrons. The highest BCUT2D eigenvalue weighted by molar-refractivity contribution is 7.99. The number of rotatable bonds is 3. The standard InChI is InChI=1S/C17H19ClN2S/c1-13-12-20(11-10-19-13)16-4-2-3-5-17(16)21-15-8-6-14(18)7-9-15/h2-9,13,19H,10-12H2,1H3/t13-/m0/s1. The second kappa shape index (κ2) is 6.73. The number of halogens is 1. The van der Waals surface area contributed by atoms with Crippen molar-refractivity contribution in [1.29, 1.82) is 0 Å². The lowest BCUT2D eigenvalue weighted by atomic mass is 10.2. The first-order valence-electron chi connectivity index (χ1n) is 7.23. The van der Waals surface area contributed by atoms with Crippen molar-refractivity contribution >= 4 is 29.1 Å². The Labute approximate surface area is 135 Å². The molecule has 0 aromatic heterocycles. The molecule has 1 aliphatic rings. The lowest BCUT2D eigenvalue weighted by molar-refractivity contribution is 0.483. The maximum Gasteiger partial charge on any atom is 0.0509 e. The molecule has 2 nitrogen and oxygen atoms in total. The van der Waals surface area contributed by atoms with Gasteiger partial charge in [0.1, 0.15) is 0 Å². The fraction of sp³-hybridized carbons (Fsp3) is 0.294. The molecular weight excluding hydrogens is 300 g/mol. The second-order valence-electron chi connectivity index (χ2n) is 5.32. The summed E-state index contributed by atoms with van der Waals surface area (Å²) in [4.78, 5) is 4.99. The highest BCUT2D eigenvalue weighted by atomic mass is 35.5. The summed E-state index contributed by atoms with van der Waals surface area (Å²) in [6.07, 6.45) is 0. The molecule has 0 spiro atoms. The zero-order valence-corrected chi connectivity index (χ0v) is 13.6. The molecule has 0 bridgehead atoms. The van der Waals surface area contributed by atoms with Crippen LogP contribution in [0.25, 0.3) is 0 Å². The van der Waals surface area contributed by atoms with Crippen molar-refractivity contribution in [3.05, 3.63) is 53.6 Å². The average Bonchev–Trinajstić information content (AvgIpc) is 2.50. The minimum atomic E-state index is 0.535. The van der Waals surface area contributed by atoms with Crippen LogP contribution in [0.4, 0.5) is 5.69 Å². The van der Waals surface area contributed by atoms with Crippen molar-refractivity contribution in [3.63, 3.8) is 0 Å². The van der Waals surface area contributed by atoms with E-state index in [9.17, 15) is 0 Å². The molecular formula is C17H19ClN2S. The van der Waals surface area contributed by atoms with Gasteiger partial charge < -0.3 is 10.2 Å². The Morgan fingerprint density at radius 2 is 1.90 bits per heavy atom. The Hall–Kier alpha value is -1.16. The molecule has 2 aromatic carbocycles. The van der Waals surface area contributed by atoms with E-state index in [1.54, 1.807) is 11.8 Å². The molecule has 1 N–H and O–H groups in total. The zero-order valence-electron chi connectivity index (χ0n) is 12.1. The van der Waals surface area contributed by atoms with Crippen LogP contribution in [-0.4, -0.2) is 25.7 Å². The van der Waals surface area contributed by atoms with E-state index in [-0.39, 0.29) is 0 Å². The lowest BCUT2D eigenvalue weighted by Gasteiger charge is -2.34. The first kappa shape index (κ1) is 14.8. The smallest absolute Gasteiger partial charge is 0.0509 e. The molecule has 110 valence electrons. The summed E-state index contributed by atoms with van der Waals surface area (Å²) in [6, 6.07) is 17.2. The van der Waals surface area contributed by atoms with E-state index >= 15 is 0 Å². The van der Waals surface area contributed by atoms with Crippen molar-refractivity contribution in [1.82, 2.24) is 5.32 Å². The van der Waals surface area contributed by atoms with Gasteiger partial charge in [0.2, 0.25) is 0 Å². The number of piperazine rings is 1. The molecule has 0 unspecified atom stereocenters. The molecule has 0 amide bonds. The van der Waals surface area contributed by atoms with Crippen LogP contribution >= 0.6 is 23.4 Å². The van der Waals surface area contributed by atoms with Gasteiger partial charge in [-0.05, 0) is 43.3 Å². The third-order valence-electron chi connectivity index (χ3n) is 3.62. The summed E-state index contributed by atoms with van der Waals surface area (Å²) in [5, 5.41) is 4.28. The number of hydrogen-bond acceptors (Lipinski definition) is 3. The molecule has 0 aliphatic carbocycles. The Balaban J connectivity index is 1.83. The Bertz CT molecular complexity index is 600. The summed E-state index contributed by atoms with van der Waals surface area (Å²) in [7, 11) is 0. The summed E-state index contributed by atoms with van der Waals surface area (Å²) in [5.41, 5.74) is 1.32. The first-order chi connectivity index (χ1) is 10.2. The van der Waals surface area contributed by atoms with Gasteiger partial charge in [0.15, 0.2) is 0 Å². The van der Waals surface area contributed by atoms with Crippen LogP contribution in [-0.2, 0) is 0 Å². The molecule has 1 saturated heterocycles. The fourth-order valence-corrected chi connectivity index (χ4v) is 3.69. The molecule has 0 saturated carbocycles. The van der Waals surface area contributed by atoms with Crippen LogP contribution in [0.15, 0.2) is 58.3 Å². The summed E-state index contributed by atoms with van der Waals surface area (Å²) >= 11 is 7.76. The monoisotopic (exact) mass is 318 g/mol. The molecule has 1 fully saturated rings. The minimum absolute atomic E-state index is 0.535. The van der Waals surface area contributed by atoms with Gasteiger partial charge >= 0.3 is 0 Å². The van der Waals surface area contributed by atoms with Crippen molar-refractivity contribution in [3.8, 4) is 0 Å². The third-order valence-corrected chi connectivity index (χ3v) is 4.94. The normalized spacial score (nSPS) is 18.8. The number of hydrogen-bond donors (Lipinski definition) is 1. The van der Waals surface area contributed by atoms with Gasteiger partial charge in [-0.25, -0.2) is 0 Å². The summed E-state index contributed by atoms with van der Waals surface area (Å²) in [6.45, 7) is 5.39. The predicted molar refractivity (Wildman–Crippen MR) is 91.7 cm³/mol. The Morgan fingerprint density at radius 1 is 1.14 bits per heavy atom. The van der Waals surface area contributed by atoms with Crippen LogP contribution in [0.1, 0.15) is 6.92 Å². The van der Waals surface area contributed by atoms with Crippen LogP contribution in [0.2, 0.25) is 5.02 Å². The number of para-hydroxylation sites is 1. The van der Waals surface area contributed by atoms with E-state index in [0.717, 1.165) is 24.7 Å². The van der Waals surface area contributed by atoms with E-state index in [0.29, 0.717) is 6.04 Å².